The first-order chi connectivity index (χ1) is 13.1. The summed E-state index contributed by atoms with van der Waals surface area (Å²) in [7, 11) is -6.06. The van der Waals surface area contributed by atoms with Gasteiger partial charge < -0.3 is 4.43 Å². The van der Waals surface area contributed by atoms with Gasteiger partial charge in [-0.15, -0.1) is 0 Å². The van der Waals surface area contributed by atoms with E-state index in [1.807, 2.05) is 12.1 Å². The van der Waals surface area contributed by atoms with Crippen LogP contribution in [0, 0.1) is 0 Å². The second-order valence-electron chi connectivity index (χ2n) is 8.64. The molecule has 0 amide bonds. The molecule has 1 aliphatic rings. The van der Waals surface area contributed by atoms with Crippen molar-refractivity contribution in [3.05, 3.63) is 60.7 Å². The van der Waals surface area contributed by atoms with Gasteiger partial charge in [0.15, 0.2) is 0 Å². The van der Waals surface area contributed by atoms with Crippen LogP contribution in [-0.4, -0.2) is 35.2 Å². The Morgan fingerprint density at radius 3 is 1.75 bits per heavy atom. The lowest BCUT2D eigenvalue weighted by molar-refractivity contribution is 0.162. The van der Waals surface area contributed by atoms with E-state index in [-0.39, 0.29) is 17.2 Å². The van der Waals surface area contributed by atoms with E-state index in [2.05, 4.69) is 69.3 Å². The van der Waals surface area contributed by atoms with Crippen molar-refractivity contribution < 1.29 is 17.0 Å². The summed E-state index contributed by atoms with van der Waals surface area (Å²) in [6.07, 6.45) is 2.93. The smallest absolute Gasteiger partial charge is 0.264 e. The largest absolute Gasteiger partial charge is 0.404 e. The fourth-order valence-electron chi connectivity index (χ4n) is 4.28. The minimum atomic E-state index is -3.45. The third-order valence-electron chi connectivity index (χ3n) is 5.41. The van der Waals surface area contributed by atoms with Gasteiger partial charge in [-0.25, -0.2) is 0 Å². The summed E-state index contributed by atoms with van der Waals surface area (Å²) in [5.41, 5.74) is 0. The molecule has 0 heterocycles. The van der Waals surface area contributed by atoms with Gasteiger partial charge >= 0.3 is 0 Å². The third-order valence-corrected chi connectivity index (χ3v) is 11.1. The summed E-state index contributed by atoms with van der Waals surface area (Å²) >= 11 is 0. The Bertz CT molecular complexity index is 836. The van der Waals surface area contributed by atoms with E-state index < -0.39 is 18.4 Å². The molecule has 3 rings (SSSR count). The SMILES string of the molecule is CC(C)(C)[Si](O[C@H]1CC[C@H](OS(C)(=O)=O)C1)(c1ccccc1)c1ccccc1. The van der Waals surface area contributed by atoms with Gasteiger partial charge in [0.1, 0.15) is 0 Å². The first-order valence-corrected chi connectivity index (χ1v) is 13.5. The van der Waals surface area contributed by atoms with Crippen LogP contribution in [0.3, 0.4) is 0 Å². The van der Waals surface area contributed by atoms with E-state index in [4.69, 9.17) is 8.61 Å². The Kier molecular flexibility index (Phi) is 6.15. The second-order valence-corrected chi connectivity index (χ2v) is 14.5. The number of rotatable bonds is 6. The molecular formula is C22H30O4SSi. The second kappa shape index (κ2) is 8.11. The minimum absolute atomic E-state index is 0.0157. The van der Waals surface area contributed by atoms with Crippen molar-refractivity contribution >= 4 is 28.8 Å². The molecule has 0 unspecified atom stereocenters. The Labute approximate surface area is 170 Å². The Morgan fingerprint density at radius 2 is 1.32 bits per heavy atom. The zero-order chi connectivity index (χ0) is 20.4. The van der Waals surface area contributed by atoms with Crippen LogP contribution in [0.2, 0.25) is 5.04 Å². The molecule has 0 spiro atoms. The van der Waals surface area contributed by atoms with Crippen LogP contribution in [0.5, 0.6) is 0 Å². The maximum Gasteiger partial charge on any atom is 0.264 e. The van der Waals surface area contributed by atoms with Crippen molar-refractivity contribution in [2.75, 3.05) is 6.26 Å². The average Bonchev–Trinajstić information content (AvgIpc) is 3.05. The first-order valence-electron chi connectivity index (χ1n) is 9.79. The predicted molar refractivity (Wildman–Crippen MR) is 116 cm³/mol. The molecule has 0 aromatic heterocycles. The summed E-state index contributed by atoms with van der Waals surface area (Å²) in [4.78, 5) is 0. The van der Waals surface area contributed by atoms with Crippen molar-refractivity contribution in [1.82, 2.24) is 0 Å². The molecule has 152 valence electrons. The number of hydrogen-bond donors (Lipinski definition) is 0. The normalized spacial score (nSPS) is 21.0. The van der Waals surface area contributed by atoms with Gasteiger partial charge in [0, 0.05) is 6.10 Å². The van der Waals surface area contributed by atoms with Gasteiger partial charge in [-0.1, -0.05) is 81.4 Å². The molecular weight excluding hydrogens is 388 g/mol. The lowest BCUT2D eigenvalue weighted by Gasteiger charge is -2.44. The highest BCUT2D eigenvalue weighted by Gasteiger charge is 2.52. The van der Waals surface area contributed by atoms with Gasteiger partial charge in [0.2, 0.25) is 0 Å². The van der Waals surface area contributed by atoms with Crippen molar-refractivity contribution in [2.45, 2.75) is 57.3 Å². The average molecular weight is 419 g/mol. The first kappa shape index (κ1) is 21.2. The molecule has 1 saturated carbocycles. The van der Waals surface area contributed by atoms with Gasteiger partial charge in [0.05, 0.1) is 12.4 Å². The maximum absolute atomic E-state index is 11.5. The number of benzene rings is 2. The molecule has 2 aromatic rings. The summed E-state index contributed by atoms with van der Waals surface area (Å²) in [5, 5.41) is 2.38. The molecule has 6 heteroatoms. The van der Waals surface area contributed by atoms with Gasteiger partial charge in [-0.05, 0) is 34.7 Å². The van der Waals surface area contributed by atoms with Gasteiger partial charge in [-0.2, -0.15) is 8.42 Å². The Balaban J connectivity index is 2.00. The van der Waals surface area contributed by atoms with Crippen molar-refractivity contribution in [1.29, 1.82) is 0 Å². The Morgan fingerprint density at radius 1 is 0.857 bits per heavy atom. The zero-order valence-electron chi connectivity index (χ0n) is 17.1. The molecule has 0 aliphatic heterocycles. The highest BCUT2D eigenvalue weighted by molar-refractivity contribution is 7.86. The molecule has 4 nitrogen and oxygen atoms in total. The van der Waals surface area contributed by atoms with E-state index in [1.165, 1.54) is 10.4 Å². The standard InChI is InChI=1S/C22H30O4SSi/c1-22(2,3)28(20-11-7-5-8-12-20,21-13-9-6-10-14-21)26-19-16-15-18(17-19)25-27(4,23)24/h5-14,18-19H,15-17H2,1-4H3/t18-,19-/m0/s1. The molecule has 1 fully saturated rings. The molecule has 2 atom stereocenters. The Hall–Kier alpha value is -1.47. The van der Waals surface area contributed by atoms with Crippen molar-refractivity contribution in [3.63, 3.8) is 0 Å². The van der Waals surface area contributed by atoms with Crippen LogP contribution < -0.4 is 10.4 Å². The maximum atomic E-state index is 11.5. The number of hydrogen-bond acceptors (Lipinski definition) is 4. The predicted octanol–water partition coefficient (Wildman–Crippen LogP) is 3.46. The zero-order valence-corrected chi connectivity index (χ0v) is 18.9. The van der Waals surface area contributed by atoms with E-state index in [0.29, 0.717) is 12.8 Å². The minimum Gasteiger partial charge on any atom is -0.404 e. The highest BCUT2D eigenvalue weighted by atomic mass is 32.2. The van der Waals surface area contributed by atoms with E-state index in [0.717, 1.165) is 12.7 Å². The lowest BCUT2D eigenvalue weighted by atomic mass is 10.2. The molecule has 0 bridgehead atoms. The fraction of sp³-hybridized carbons (Fsp3) is 0.455. The molecule has 1 aliphatic carbocycles. The van der Waals surface area contributed by atoms with Gasteiger partial charge in [-0.3, -0.25) is 4.18 Å². The highest BCUT2D eigenvalue weighted by Crippen LogP contribution is 2.40. The van der Waals surface area contributed by atoms with Crippen LogP contribution in [0.25, 0.3) is 0 Å². The van der Waals surface area contributed by atoms with Crippen LogP contribution in [-0.2, 0) is 18.7 Å². The van der Waals surface area contributed by atoms with E-state index >= 15 is 0 Å². The van der Waals surface area contributed by atoms with Crippen LogP contribution in [0.1, 0.15) is 40.0 Å². The van der Waals surface area contributed by atoms with Crippen LogP contribution >= 0.6 is 0 Å². The fourth-order valence-corrected chi connectivity index (χ4v) is 9.68. The summed E-state index contributed by atoms with van der Waals surface area (Å²) in [6, 6.07) is 21.0. The molecule has 28 heavy (non-hydrogen) atoms. The van der Waals surface area contributed by atoms with Crippen molar-refractivity contribution in [3.8, 4) is 0 Å². The quantitative estimate of drug-likeness (QED) is 0.532. The van der Waals surface area contributed by atoms with Crippen LogP contribution in [0.15, 0.2) is 60.7 Å². The molecule has 2 aromatic carbocycles. The molecule has 0 saturated heterocycles. The summed E-state index contributed by atoms with van der Waals surface area (Å²) in [6.45, 7) is 6.75. The third kappa shape index (κ3) is 4.57. The van der Waals surface area contributed by atoms with Gasteiger partial charge in [0.25, 0.3) is 18.4 Å². The molecule has 0 N–H and O–H groups in total. The monoisotopic (exact) mass is 418 g/mol. The van der Waals surface area contributed by atoms with Crippen molar-refractivity contribution in [2.24, 2.45) is 0 Å². The summed E-state index contributed by atoms with van der Waals surface area (Å²) < 4.78 is 35.3. The summed E-state index contributed by atoms with van der Waals surface area (Å²) in [5.74, 6) is 0. The van der Waals surface area contributed by atoms with E-state index in [9.17, 15) is 8.42 Å². The van der Waals surface area contributed by atoms with E-state index in [1.54, 1.807) is 0 Å². The van der Waals surface area contributed by atoms with Crippen LogP contribution in [0.4, 0.5) is 0 Å². The molecule has 0 radical (unpaired) electrons. The lowest BCUT2D eigenvalue weighted by Crippen LogP contribution is -2.67. The topological polar surface area (TPSA) is 52.6 Å².